The molecule has 0 aromatic heterocycles. The number of phenolic OH excluding ortho intramolecular Hbond substituents is 1. The summed E-state index contributed by atoms with van der Waals surface area (Å²) in [5, 5.41) is 19.2. The van der Waals surface area contributed by atoms with Crippen LogP contribution in [-0.4, -0.2) is 51.1 Å². The lowest BCUT2D eigenvalue weighted by molar-refractivity contribution is -0.141. The zero-order valence-electron chi connectivity index (χ0n) is 10.2. The molecular formula is C12H11I2NO4S. The van der Waals surface area contributed by atoms with E-state index in [1.807, 2.05) is 22.6 Å². The van der Waals surface area contributed by atoms with Crippen LogP contribution in [0.5, 0.6) is 5.75 Å². The monoisotopic (exact) mass is 519 g/mol. The van der Waals surface area contributed by atoms with Crippen LogP contribution in [0.25, 0.3) is 0 Å². The minimum Gasteiger partial charge on any atom is -0.506 e. The summed E-state index contributed by atoms with van der Waals surface area (Å²) >= 11 is 5.53. The van der Waals surface area contributed by atoms with E-state index in [1.54, 1.807) is 12.1 Å². The Bertz CT molecular complexity index is 567. The van der Waals surface area contributed by atoms with Crippen LogP contribution in [0.15, 0.2) is 12.1 Å². The number of aromatic hydroxyl groups is 1. The molecule has 0 bridgehead atoms. The standard InChI is InChI=1S/C12H11I2NO4S/c13-6-3-7(10(16)8(14)4-6)11(17)15-1-2-20-5-9(15)12(18)19/h3-4,9,16H,1-2,5H2,(H,18,19). The first kappa shape index (κ1) is 16.1. The average Bonchev–Trinajstić information content (AvgIpc) is 2.42. The third kappa shape index (κ3) is 3.32. The molecule has 8 heteroatoms. The first-order chi connectivity index (χ1) is 9.41. The minimum atomic E-state index is -1.01. The van der Waals surface area contributed by atoms with Gasteiger partial charge in [-0.15, -0.1) is 0 Å². The van der Waals surface area contributed by atoms with Gasteiger partial charge in [-0.25, -0.2) is 4.79 Å². The molecular weight excluding hydrogens is 508 g/mol. The van der Waals surface area contributed by atoms with Crippen LogP contribution in [0, 0.1) is 7.14 Å². The van der Waals surface area contributed by atoms with E-state index in [1.165, 1.54) is 16.7 Å². The Hall–Kier alpha value is -0.230. The number of hydrogen-bond donors (Lipinski definition) is 2. The lowest BCUT2D eigenvalue weighted by Gasteiger charge is -2.32. The lowest BCUT2D eigenvalue weighted by atomic mass is 10.1. The molecule has 0 aliphatic carbocycles. The number of hydrogen-bond acceptors (Lipinski definition) is 4. The van der Waals surface area contributed by atoms with Crippen molar-refractivity contribution >= 4 is 68.8 Å². The molecule has 1 aliphatic rings. The summed E-state index contributed by atoms with van der Waals surface area (Å²) in [4.78, 5) is 25.1. The van der Waals surface area contributed by atoms with Crippen LogP contribution in [-0.2, 0) is 4.79 Å². The highest BCUT2D eigenvalue weighted by molar-refractivity contribution is 14.1. The predicted octanol–water partition coefficient (Wildman–Crippen LogP) is 2.24. The van der Waals surface area contributed by atoms with Gasteiger partial charge in [0.2, 0.25) is 0 Å². The summed E-state index contributed by atoms with van der Waals surface area (Å²) in [7, 11) is 0. The summed E-state index contributed by atoms with van der Waals surface area (Å²) in [5.74, 6) is -0.435. The molecule has 2 rings (SSSR count). The van der Waals surface area contributed by atoms with Gasteiger partial charge < -0.3 is 15.1 Å². The molecule has 1 heterocycles. The van der Waals surface area contributed by atoms with E-state index < -0.39 is 17.9 Å². The van der Waals surface area contributed by atoms with Crippen LogP contribution >= 0.6 is 56.9 Å². The Morgan fingerprint density at radius 2 is 2.05 bits per heavy atom. The Labute approximate surface area is 147 Å². The van der Waals surface area contributed by atoms with Gasteiger partial charge in [-0.2, -0.15) is 11.8 Å². The van der Waals surface area contributed by atoms with Gasteiger partial charge in [-0.05, 0) is 57.3 Å². The number of amides is 1. The number of thioether (sulfide) groups is 1. The lowest BCUT2D eigenvalue weighted by Crippen LogP contribution is -2.50. The molecule has 1 aromatic carbocycles. The number of benzene rings is 1. The second kappa shape index (κ2) is 6.69. The maximum Gasteiger partial charge on any atom is 0.327 e. The van der Waals surface area contributed by atoms with E-state index in [4.69, 9.17) is 0 Å². The molecule has 1 aliphatic heterocycles. The van der Waals surface area contributed by atoms with Crippen molar-refractivity contribution in [2.75, 3.05) is 18.1 Å². The van der Waals surface area contributed by atoms with Crippen molar-refractivity contribution in [1.82, 2.24) is 4.90 Å². The molecule has 1 fully saturated rings. The second-order valence-corrected chi connectivity index (χ2v) is 7.77. The SMILES string of the molecule is O=C(O)C1CSCCN1C(=O)c1cc(I)cc(I)c1O. The van der Waals surface area contributed by atoms with Crippen LogP contribution in [0.4, 0.5) is 0 Å². The maximum atomic E-state index is 12.5. The van der Waals surface area contributed by atoms with Gasteiger partial charge in [-0.1, -0.05) is 0 Å². The third-order valence-corrected chi connectivity index (χ3v) is 5.40. The molecule has 0 spiro atoms. The number of rotatable bonds is 2. The van der Waals surface area contributed by atoms with Crippen molar-refractivity contribution in [3.8, 4) is 5.75 Å². The van der Waals surface area contributed by atoms with Crippen molar-refractivity contribution in [3.63, 3.8) is 0 Å². The summed E-state index contributed by atoms with van der Waals surface area (Å²) in [5.41, 5.74) is 0.166. The second-order valence-electron chi connectivity index (χ2n) is 4.21. The van der Waals surface area contributed by atoms with Crippen molar-refractivity contribution in [2.24, 2.45) is 0 Å². The van der Waals surface area contributed by atoms with Crippen molar-refractivity contribution in [2.45, 2.75) is 6.04 Å². The Balaban J connectivity index is 2.37. The first-order valence-corrected chi connectivity index (χ1v) is 9.02. The van der Waals surface area contributed by atoms with E-state index in [-0.39, 0.29) is 11.3 Å². The molecule has 5 nitrogen and oxygen atoms in total. The van der Waals surface area contributed by atoms with Gasteiger partial charge in [0, 0.05) is 21.6 Å². The van der Waals surface area contributed by atoms with Gasteiger partial charge >= 0.3 is 5.97 Å². The van der Waals surface area contributed by atoms with Gasteiger partial charge in [-0.3, -0.25) is 4.79 Å². The Morgan fingerprint density at radius 1 is 1.35 bits per heavy atom. The zero-order chi connectivity index (χ0) is 14.9. The molecule has 1 aromatic rings. The number of halogens is 2. The summed E-state index contributed by atoms with van der Waals surface area (Å²) in [6, 6.07) is 2.51. The Morgan fingerprint density at radius 3 is 2.70 bits per heavy atom. The zero-order valence-corrected chi connectivity index (χ0v) is 15.3. The summed E-state index contributed by atoms with van der Waals surface area (Å²) < 4.78 is 1.41. The molecule has 0 saturated carbocycles. The van der Waals surface area contributed by atoms with Crippen molar-refractivity contribution in [1.29, 1.82) is 0 Å². The molecule has 1 amide bonds. The predicted molar refractivity (Wildman–Crippen MR) is 93.3 cm³/mol. The van der Waals surface area contributed by atoms with Crippen LogP contribution in [0.3, 0.4) is 0 Å². The van der Waals surface area contributed by atoms with E-state index in [0.717, 1.165) is 3.57 Å². The van der Waals surface area contributed by atoms with E-state index >= 15 is 0 Å². The number of aliphatic carboxylic acids is 1. The fourth-order valence-corrected chi connectivity index (χ4v) is 4.82. The summed E-state index contributed by atoms with van der Waals surface area (Å²) in [6.45, 7) is 0.377. The van der Waals surface area contributed by atoms with E-state index in [2.05, 4.69) is 22.6 Å². The van der Waals surface area contributed by atoms with Crippen molar-refractivity contribution < 1.29 is 19.8 Å². The van der Waals surface area contributed by atoms with Gasteiger partial charge in [0.15, 0.2) is 0 Å². The molecule has 0 radical (unpaired) electrons. The minimum absolute atomic E-state index is 0.0848. The number of carboxylic acid groups (broad SMARTS) is 1. The summed E-state index contributed by atoms with van der Waals surface area (Å²) in [6.07, 6.45) is 0. The topological polar surface area (TPSA) is 77.8 Å². The molecule has 20 heavy (non-hydrogen) atoms. The number of phenols is 1. The highest BCUT2D eigenvalue weighted by Gasteiger charge is 2.34. The largest absolute Gasteiger partial charge is 0.506 e. The molecule has 1 unspecified atom stereocenters. The number of nitrogens with zero attached hydrogens (tertiary/aromatic N) is 1. The fraction of sp³-hybridized carbons (Fsp3) is 0.333. The van der Waals surface area contributed by atoms with Crippen LogP contribution in [0.1, 0.15) is 10.4 Å². The third-order valence-electron chi connectivity index (χ3n) is 2.93. The van der Waals surface area contributed by atoms with Gasteiger partial charge in [0.05, 0.1) is 9.13 Å². The molecule has 2 N–H and O–H groups in total. The number of carboxylic acids is 1. The number of carbonyl (C=O) groups excluding carboxylic acids is 1. The van der Waals surface area contributed by atoms with Crippen molar-refractivity contribution in [3.05, 3.63) is 24.8 Å². The highest BCUT2D eigenvalue weighted by Crippen LogP contribution is 2.29. The smallest absolute Gasteiger partial charge is 0.327 e. The molecule has 1 atom stereocenters. The highest BCUT2D eigenvalue weighted by atomic mass is 127. The maximum absolute atomic E-state index is 12.5. The first-order valence-electron chi connectivity index (χ1n) is 5.71. The molecule has 1 saturated heterocycles. The van der Waals surface area contributed by atoms with Crippen LogP contribution in [0.2, 0.25) is 0 Å². The average molecular weight is 519 g/mol. The fourth-order valence-electron chi connectivity index (χ4n) is 1.94. The Kier molecular flexibility index (Phi) is 5.40. The normalized spacial score (nSPS) is 18.9. The molecule has 108 valence electrons. The quantitative estimate of drug-likeness (QED) is 0.587. The van der Waals surface area contributed by atoms with E-state index in [9.17, 15) is 19.8 Å². The van der Waals surface area contributed by atoms with E-state index in [0.29, 0.717) is 21.6 Å². The van der Waals surface area contributed by atoms with Crippen LogP contribution < -0.4 is 0 Å². The van der Waals surface area contributed by atoms with Gasteiger partial charge in [0.25, 0.3) is 5.91 Å². The number of carbonyl (C=O) groups is 2. The van der Waals surface area contributed by atoms with Gasteiger partial charge in [0.1, 0.15) is 11.8 Å².